The molecule has 1 saturated heterocycles. The van der Waals surface area contributed by atoms with Crippen LogP contribution in [0.4, 0.5) is 0 Å². The van der Waals surface area contributed by atoms with Gasteiger partial charge in [-0.2, -0.15) is 0 Å². The molecule has 0 aliphatic carbocycles. The van der Waals surface area contributed by atoms with Crippen LogP contribution < -0.4 is 10.1 Å². The molecule has 0 spiro atoms. The molecule has 1 heterocycles. The third-order valence-corrected chi connectivity index (χ3v) is 4.36. The summed E-state index contributed by atoms with van der Waals surface area (Å²) in [5.74, 6) is 1.72. The standard InChI is InChI=1S/C18H28ClN3O2.HI/c1-4-20-18(22-10-8-16(9-11-22)24-5-2)21-13-14-6-7-15(19)12-17(14)23-3;/h6-7,12,16H,4-5,8-11,13H2,1-3H3,(H,20,21);1H. The topological polar surface area (TPSA) is 46.1 Å². The molecule has 1 fully saturated rings. The molecule has 0 bridgehead atoms. The van der Waals surface area contributed by atoms with E-state index in [4.69, 9.17) is 26.1 Å². The average Bonchev–Trinajstić information content (AvgIpc) is 2.60. The van der Waals surface area contributed by atoms with Gasteiger partial charge in [0.15, 0.2) is 5.96 Å². The Kier molecular flexibility index (Phi) is 10.5. The number of guanidine groups is 1. The van der Waals surface area contributed by atoms with Crippen molar-refractivity contribution in [3.8, 4) is 5.75 Å². The van der Waals surface area contributed by atoms with E-state index in [2.05, 4.69) is 24.1 Å². The molecule has 2 rings (SSSR count). The predicted molar refractivity (Wildman–Crippen MR) is 114 cm³/mol. The van der Waals surface area contributed by atoms with Gasteiger partial charge in [0.05, 0.1) is 19.8 Å². The Balaban J connectivity index is 0.00000312. The van der Waals surface area contributed by atoms with Crippen LogP contribution >= 0.6 is 35.6 Å². The summed E-state index contributed by atoms with van der Waals surface area (Å²) in [6, 6.07) is 5.66. The van der Waals surface area contributed by atoms with Crippen molar-refractivity contribution in [2.75, 3.05) is 33.4 Å². The summed E-state index contributed by atoms with van der Waals surface area (Å²) in [5.41, 5.74) is 1.03. The van der Waals surface area contributed by atoms with Crippen molar-refractivity contribution < 1.29 is 9.47 Å². The molecule has 0 radical (unpaired) electrons. The molecule has 1 aromatic rings. The normalized spacial score (nSPS) is 15.7. The smallest absolute Gasteiger partial charge is 0.194 e. The monoisotopic (exact) mass is 481 g/mol. The van der Waals surface area contributed by atoms with Gasteiger partial charge in [0.2, 0.25) is 0 Å². The second-order valence-corrected chi connectivity index (χ2v) is 6.20. The summed E-state index contributed by atoms with van der Waals surface area (Å²) in [6.45, 7) is 8.27. The van der Waals surface area contributed by atoms with E-state index < -0.39 is 0 Å². The predicted octanol–water partition coefficient (Wildman–Crippen LogP) is 3.93. The maximum atomic E-state index is 6.02. The van der Waals surface area contributed by atoms with Crippen LogP contribution in [0.15, 0.2) is 23.2 Å². The molecule has 0 atom stereocenters. The highest BCUT2D eigenvalue weighted by atomic mass is 127. The fourth-order valence-electron chi connectivity index (χ4n) is 2.90. The molecule has 142 valence electrons. The Labute approximate surface area is 173 Å². The van der Waals surface area contributed by atoms with Gasteiger partial charge in [-0.25, -0.2) is 4.99 Å². The number of methoxy groups -OCH3 is 1. The number of halogens is 2. The van der Waals surface area contributed by atoms with Crippen LogP contribution in [0.25, 0.3) is 0 Å². The largest absolute Gasteiger partial charge is 0.496 e. The SMILES string of the molecule is CCNC(=NCc1ccc(Cl)cc1OC)N1CCC(OCC)CC1.I. The van der Waals surface area contributed by atoms with Gasteiger partial charge in [-0.15, -0.1) is 24.0 Å². The van der Waals surface area contributed by atoms with Gasteiger partial charge < -0.3 is 19.7 Å². The van der Waals surface area contributed by atoms with Crippen LogP contribution in [-0.2, 0) is 11.3 Å². The highest BCUT2D eigenvalue weighted by Gasteiger charge is 2.21. The Bertz CT molecular complexity index is 549. The minimum Gasteiger partial charge on any atom is -0.496 e. The Morgan fingerprint density at radius 2 is 2.04 bits per heavy atom. The summed E-state index contributed by atoms with van der Waals surface area (Å²) in [6.07, 6.45) is 2.47. The van der Waals surface area contributed by atoms with Crippen LogP contribution in [0, 0.1) is 0 Å². The minimum absolute atomic E-state index is 0. The quantitative estimate of drug-likeness (QED) is 0.380. The van der Waals surface area contributed by atoms with Gasteiger partial charge in [0.25, 0.3) is 0 Å². The van der Waals surface area contributed by atoms with E-state index in [1.54, 1.807) is 7.11 Å². The first-order valence-corrected chi connectivity index (χ1v) is 9.03. The lowest BCUT2D eigenvalue weighted by molar-refractivity contribution is 0.0263. The summed E-state index contributed by atoms with van der Waals surface area (Å²) in [7, 11) is 1.66. The van der Waals surface area contributed by atoms with Crippen molar-refractivity contribution in [3.63, 3.8) is 0 Å². The van der Waals surface area contributed by atoms with E-state index in [1.165, 1.54) is 0 Å². The number of nitrogens with one attached hydrogen (secondary N) is 1. The molecule has 1 aliphatic heterocycles. The highest BCUT2D eigenvalue weighted by molar-refractivity contribution is 14.0. The van der Waals surface area contributed by atoms with Crippen molar-refractivity contribution in [1.29, 1.82) is 0 Å². The van der Waals surface area contributed by atoms with Crippen molar-refractivity contribution in [1.82, 2.24) is 10.2 Å². The lowest BCUT2D eigenvalue weighted by Gasteiger charge is -2.34. The van der Waals surface area contributed by atoms with Crippen molar-refractivity contribution >= 4 is 41.5 Å². The van der Waals surface area contributed by atoms with Crippen LogP contribution in [0.1, 0.15) is 32.3 Å². The van der Waals surface area contributed by atoms with Gasteiger partial charge in [0, 0.05) is 36.8 Å². The Hall–Kier alpha value is -0.730. The van der Waals surface area contributed by atoms with Crippen molar-refractivity contribution in [2.45, 2.75) is 39.3 Å². The maximum Gasteiger partial charge on any atom is 0.194 e. The third-order valence-electron chi connectivity index (χ3n) is 4.13. The molecule has 7 heteroatoms. The molecule has 0 unspecified atom stereocenters. The summed E-state index contributed by atoms with van der Waals surface area (Å²) < 4.78 is 11.1. The average molecular weight is 482 g/mol. The van der Waals surface area contributed by atoms with Crippen molar-refractivity contribution in [3.05, 3.63) is 28.8 Å². The first kappa shape index (κ1) is 22.3. The van der Waals surface area contributed by atoms with Crippen LogP contribution in [0.3, 0.4) is 0 Å². The number of likely N-dealkylation sites (tertiary alicyclic amines) is 1. The van der Waals surface area contributed by atoms with Crippen LogP contribution in [0.5, 0.6) is 5.75 Å². The molecular weight excluding hydrogens is 453 g/mol. The number of rotatable bonds is 6. The van der Waals surface area contributed by atoms with Gasteiger partial charge >= 0.3 is 0 Å². The zero-order valence-electron chi connectivity index (χ0n) is 15.3. The van der Waals surface area contributed by atoms with E-state index in [9.17, 15) is 0 Å². The summed E-state index contributed by atoms with van der Waals surface area (Å²) in [4.78, 5) is 7.09. The lowest BCUT2D eigenvalue weighted by Crippen LogP contribution is -2.47. The first-order chi connectivity index (χ1) is 11.7. The number of hydrogen-bond acceptors (Lipinski definition) is 3. The van der Waals surface area contributed by atoms with E-state index in [0.717, 1.165) is 56.4 Å². The van der Waals surface area contributed by atoms with E-state index in [1.807, 2.05) is 18.2 Å². The lowest BCUT2D eigenvalue weighted by atomic mass is 10.1. The first-order valence-electron chi connectivity index (χ1n) is 8.65. The zero-order valence-corrected chi connectivity index (χ0v) is 18.3. The van der Waals surface area contributed by atoms with Gasteiger partial charge in [-0.1, -0.05) is 17.7 Å². The second kappa shape index (κ2) is 11.8. The van der Waals surface area contributed by atoms with E-state index >= 15 is 0 Å². The minimum atomic E-state index is 0. The molecular formula is C18H29ClIN3O2. The van der Waals surface area contributed by atoms with Crippen LogP contribution in [-0.4, -0.2) is 50.3 Å². The Morgan fingerprint density at radius 3 is 2.64 bits per heavy atom. The third kappa shape index (κ3) is 6.83. The molecule has 0 aromatic heterocycles. The second-order valence-electron chi connectivity index (χ2n) is 5.77. The number of ether oxygens (including phenoxy) is 2. The molecule has 25 heavy (non-hydrogen) atoms. The maximum absolute atomic E-state index is 6.02. The molecule has 0 amide bonds. The van der Waals surface area contributed by atoms with E-state index in [0.29, 0.717) is 17.7 Å². The van der Waals surface area contributed by atoms with Crippen molar-refractivity contribution in [2.24, 2.45) is 4.99 Å². The van der Waals surface area contributed by atoms with Gasteiger partial charge in [-0.05, 0) is 38.8 Å². The summed E-state index contributed by atoms with van der Waals surface area (Å²) >= 11 is 6.02. The summed E-state index contributed by atoms with van der Waals surface area (Å²) in [5, 5.41) is 4.06. The molecule has 1 aliphatic rings. The zero-order chi connectivity index (χ0) is 17.4. The number of aliphatic imine (C=N–C) groups is 1. The van der Waals surface area contributed by atoms with Crippen LogP contribution in [0.2, 0.25) is 5.02 Å². The molecule has 1 N–H and O–H groups in total. The number of benzene rings is 1. The number of nitrogens with zero attached hydrogens (tertiary/aromatic N) is 2. The number of hydrogen-bond donors (Lipinski definition) is 1. The van der Waals surface area contributed by atoms with E-state index in [-0.39, 0.29) is 24.0 Å². The molecule has 0 saturated carbocycles. The van der Waals surface area contributed by atoms with Gasteiger partial charge in [0.1, 0.15) is 5.75 Å². The molecule has 5 nitrogen and oxygen atoms in total. The van der Waals surface area contributed by atoms with Gasteiger partial charge in [-0.3, -0.25) is 0 Å². The fourth-order valence-corrected chi connectivity index (χ4v) is 3.07. The fraction of sp³-hybridized carbons (Fsp3) is 0.611. The highest BCUT2D eigenvalue weighted by Crippen LogP contribution is 2.24. The Morgan fingerprint density at radius 1 is 1.32 bits per heavy atom. The molecule has 1 aromatic carbocycles. The number of piperidine rings is 1.